The van der Waals surface area contributed by atoms with Crippen molar-refractivity contribution in [1.29, 1.82) is 0 Å². The van der Waals surface area contributed by atoms with Crippen LogP contribution in [0.3, 0.4) is 0 Å². The van der Waals surface area contributed by atoms with E-state index >= 15 is 0 Å². The van der Waals surface area contributed by atoms with E-state index < -0.39 is 5.97 Å². The van der Waals surface area contributed by atoms with E-state index in [0.29, 0.717) is 11.3 Å². The average molecular weight is 278 g/mol. The standard InChI is InChI=1S/C15H22N2O3/c1-15(2)9-10(7-8-20-15)17-12-6-4-5-11(13(12)16)14(18)19-3/h4-6,10,17H,7-9,16H2,1-3H3. The third-order valence-electron chi connectivity index (χ3n) is 3.57. The SMILES string of the molecule is COC(=O)c1cccc(NC2CCOC(C)(C)C2)c1N. The van der Waals surface area contributed by atoms with Crippen LogP contribution in [0.1, 0.15) is 37.0 Å². The molecule has 1 unspecified atom stereocenters. The van der Waals surface area contributed by atoms with Crippen molar-refractivity contribution in [3.05, 3.63) is 23.8 Å². The predicted molar refractivity (Wildman–Crippen MR) is 78.9 cm³/mol. The van der Waals surface area contributed by atoms with E-state index in [1.807, 2.05) is 6.07 Å². The largest absolute Gasteiger partial charge is 0.465 e. The molecule has 1 aromatic carbocycles. The van der Waals surface area contributed by atoms with Gasteiger partial charge in [0, 0.05) is 12.6 Å². The fourth-order valence-corrected chi connectivity index (χ4v) is 2.55. The second-order valence-corrected chi connectivity index (χ2v) is 5.70. The maximum atomic E-state index is 11.6. The van der Waals surface area contributed by atoms with Crippen LogP contribution in [0, 0.1) is 0 Å². The number of hydrogen-bond donors (Lipinski definition) is 2. The first-order valence-electron chi connectivity index (χ1n) is 6.80. The summed E-state index contributed by atoms with van der Waals surface area (Å²) < 4.78 is 10.4. The van der Waals surface area contributed by atoms with Crippen LogP contribution < -0.4 is 11.1 Å². The number of hydrogen-bond acceptors (Lipinski definition) is 5. The molecule has 1 fully saturated rings. The van der Waals surface area contributed by atoms with Crippen LogP contribution in [0.15, 0.2) is 18.2 Å². The number of nitrogens with two attached hydrogens (primary N) is 1. The molecule has 0 bridgehead atoms. The fraction of sp³-hybridized carbons (Fsp3) is 0.533. The lowest BCUT2D eigenvalue weighted by Crippen LogP contribution is -2.40. The zero-order valence-electron chi connectivity index (χ0n) is 12.2. The molecule has 0 spiro atoms. The van der Waals surface area contributed by atoms with E-state index in [2.05, 4.69) is 19.2 Å². The third kappa shape index (κ3) is 3.22. The fourth-order valence-electron chi connectivity index (χ4n) is 2.55. The Hall–Kier alpha value is -1.75. The summed E-state index contributed by atoms with van der Waals surface area (Å²) in [6.07, 6.45) is 1.82. The Kier molecular flexibility index (Phi) is 4.18. The molecule has 0 aromatic heterocycles. The van der Waals surface area contributed by atoms with Crippen molar-refractivity contribution in [2.24, 2.45) is 0 Å². The Bertz CT molecular complexity index is 500. The molecule has 1 aromatic rings. The van der Waals surface area contributed by atoms with Crippen LogP contribution in [0.5, 0.6) is 0 Å². The van der Waals surface area contributed by atoms with Gasteiger partial charge in [0.15, 0.2) is 0 Å². The molecule has 2 rings (SSSR count). The molecule has 1 saturated heterocycles. The number of nitrogens with one attached hydrogen (secondary N) is 1. The van der Waals surface area contributed by atoms with E-state index in [1.54, 1.807) is 12.1 Å². The molecule has 0 radical (unpaired) electrons. The molecule has 0 aliphatic carbocycles. The molecule has 0 amide bonds. The molecular weight excluding hydrogens is 256 g/mol. The first-order chi connectivity index (χ1) is 9.43. The van der Waals surface area contributed by atoms with E-state index in [-0.39, 0.29) is 11.6 Å². The molecule has 20 heavy (non-hydrogen) atoms. The van der Waals surface area contributed by atoms with Crippen molar-refractivity contribution in [3.63, 3.8) is 0 Å². The zero-order chi connectivity index (χ0) is 14.8. The summed E-state index contributed by atoms with van der Waals surface area (Å²) in [6.45, 7) is 4.88. The lowest BCUT2D eigenvalue weighted by atomic mass is 9.93. The predicted octanol–water partition coefficient (Wildman–Crippen LogP) is 2.42. The van der Waals surface area contributed by atoms with Crippen LogP contribution in [0.4, 0.5) is 11.4 Å². The Morgan fingerprint density at radius 1 is 1.50 bits per heavy atom. The molecule has 1 atom stereocenters. The molecular formula is C15H22N2O3. The lowest BCUT2D eigenvalue weighted by Gasteiger charge is -2.36. The van der Waals surface area contributed by atoms with Gasteiger partial charge in [-0.05, 0) is 38.8 Å². The maximum absolute atomic E-state index is 11.6. The highest BCUT2D eigenvalue weighted by atomic mass is 16.5. The number of ether oxygens (including phenoxy) is 2. The molecule has 110 valence electrons. The van der Waals surface area contributed by atoms with Crippen molar-refractivity contribution in [3.8, 4) is 0 Å². The number of nitrogen functional groups attached to an aromatic ring is 1. The highest BCUT2D eigenvalue weighted by Gasteiger charge is 2.29. The van der Waals surface area contributed by atoms with Gasteiger partial charge in [-0.1, -0.05) is 6.07 Å². The maximum Gasteiger partial charge on any atom is 0.340 e. The highest BCUT2D eigenvalue weighted by molar-refractivity contribution is 5.98. The summed E-state index contributed by atoms with van der Waals surface area (Å²) >= 11 is 0. The lowest BCUT2D eigenvalue weighted by molar-refractivity contribution is -0.0553. The number of carbonyl (C=O) groups excluding carboxylic acids is 1. The van der Waals surface area contributed by atoms with Crippen molar-refractivity contribution >= 4 is 17.3 Å². The van der Waals surface area contributed by atoms with Crippen LogP contribution in [0.25, 0.3) is 0 Å². The van der Waals surface area contributed by atoms with Crippen LogP contribution in [-0.4, -0.2) is 31.3 Å². The summed E-state index contributed by atoms with van der Waals surface area (Å²) in [4.78, 5) is 11.6. The number of para-hydroxylation sites is 1. The number of rotatable bonds is 3. The first kappa shape index (κ1) is 14.7. The van der Waals surface area contributed by atoms with Crippen LogP contribution >= 0.6 is 0 Å². The van der Waals surface area contributed by atoms with Crippen molar-refractivity contribution in [2.75, 3.05) is 24.8 Å². The summed E-state index contributed by atoms with van der Waals surface area (Å²) in [5.41, 5.74) is 7.52. The van der Waals surface area contributed by atoms with E-state index in [9.17, 15) is 4.79 Å². The zero-order valence-corrected chi connectivity index (χ0v) is 12.2. The first-order valence-corrected chi connectivity index (χ1v) is 6.80. The quantitative estimate of drug-likeness (QED) is 0.656. The Labute approximate surface area is 119 Å². The second kappa shape index (κ2) is 5.71. The molecule has 1 aliphatic rings. The Morgan fingerprint density at radius 3 is 2.90 bits per heavy atom. The third-order valence-corrected chi connectivity index (χ3v) is 3.57. The van der Waals surface area contributed by atoms with Gasteiger partial charge in [-0.25, -0.2) is 4.79 Å². The van der Waals surface area contributed by atoms with Crippen molar-refractivity contribution < 1.29 is 14.3 Å². The molecule has 5 nitrogen and oxygen atoms in total. The van der Waals surface area contributed by atoms with Gasteiger partial charge in [-0.2, -0.15) is 0 Å². The number of benzene rings is 1. The number of esters is 1. The normalized spacial score (nSPS) is 21.2. The summed E-state index contributed by atoms with van der Waals surface area (Å²) in [7, 11) is 1.35. The molecule has 1 heterocycles. The van der Waals surface area contributed by atoms with Gasteiger partial charge in [-0.15, -0.1) is 0 Å². The Balaban J connectivity index is 2.15. The van der Waals surface area contributed by atoms with Gasteiger partial charge in [0.2, 0.25) is 0 Å². The highest BCUT2D eigenvalue weighted by Crippen LogP contribution is 2.29. The number of anilines is 2. The van der Waals surface area contributed by atoms with E-state index in [0.717, 1.165) is 25.1 Å². The minimum atomic E-state index is -0.418. The second-order valence-electron chi connectivity index (χ2n) is 5.70. The minimum absolute atomic E-state index is 0.134. The van der Waals surface area contributed by atoms with Crippen molar-refractivity contribution in [1.82, 2.24) is 0 Å². The molecule has 0 saturated carbocycles. The average Bonchev–Trinajstić information content (AvgIpc) is 2.39. The van der Waals surface area contributed by atoms with E-state index in [4.69, 9.17) is 15.2 Å². The van der Waals surface area contributed by atoms with Crippen LogP contribution in [-0.2, 0) is 9.47 Å². The summed E-state index contributed by atoms with van der Waals surface area (Å²) in [6, 6.07) is 5.63. The topological polar surface area (TPSA) is 73.6 Å². The smallest absolute Gasteiger partial charge is 0.340 e. The summed E-state index contributed by atoms with van der Waals surface area (Å²) in [5, 5.41) is 3.41. The molecule has 1 aliphatic heterocycles. The monoisotopic (exact) mass is 278 g/mol. The van der Waals surface area contributed by atoms with Crippen LogP contribution in [0.2, 0.25) is 0 Å². The summed E-state index contributed by atoms with van der Waals surface area (Å²) in [5.74, 6) is -0.418. The van der Waals surface area contributed by atoms with Gasteiger partial charge in [0.05, 0.1) is 29.6 Å². The Morgan fingerprint density at radius 2 is 2.25 bits per heavy atom. The van der Waals surface area contributed by atoms with Crippen molar-refractivity contribution in [2.45, 2.75) is 38.3 Å². The van der Waals surface area contributed by atoms with Gasteiger partial charge < -0.3 is 20.5 Å². The minimum Gasteiger partial charge on any atom is -0.465 e. The van der Waals surface area contributed by atoms with Gasteiger partial charge in [-0.3, -0.25) is 0 Å². The van der Waals surface area contributed by atoms with Gasteiger partial charge in [0.25, 0.3) is 0 Å². The number of methoxy groups -OCH3 is 1. The molecule has 5 heteroatoms. The van der Waals surface area contributed by atoms with E-state index in [1.165, 1.54) is 7.11 Å². The van der Waals surface area contributed by atoms with Gasteiger partial charge in [0.1, 0.15) is 0 Å². The number of carbonyl (C=O) groups is 1. The van der Waals surface area contributed by atoms with Gasteiger partial charge >= 0.3 is 5.97 Å². The molecule has 3 N–H and O–H groups in total.